The highest BCUT2D eigenvalue weighted by atomic mass is 16.6. The van der Waals surface area contributed by atoms with Crippen LogP contribution in [-0.4, -0.2) is 39.7 Å². The summed E-state index contributed by atoms with van der Waals surface area (Å²) < 4.78 is 13.4. The molecule has 1 unspecified atom stereocenters. The summed E-state index contributed by atoms with van der Waals surface area (Å²) in [7, 11) is 0. The van der Waals surface area contributed by atoms with Crippen molar-refractivity contribution in [3.63, 3.8) is 0 Å². The molecule has 1 atom stereocenters. The standard InChI is InChI=1S/C20H20N4O3/c1-14-11-23-19(15-5-4-8-21-12-15)24(14)10-9-22-20(25)18-13-26-16-6-2-3-7-17(16)27-18/h2-8,11-12,18H,9-10,13H2,1H3,(H,22,25). The number of carbonyl (C=O) groups excluding carboxylic acids is 1. The average Bonchev–Trinajstić information content (AvgIpc) is 3.08. The Hall–Kier alpha value is -3.35. The second kappa shape index (κ2) is 7.49. The van der Waals surface area contributed by atoms with E-state index >= 15 is 0 Å². The molecule has 0 saturated heterocycles. The third-order valence-corrected chi connectivity index (χ3v) is 4.41. The van der Waals surface area contributed by atoms with E-state index in [2.05, 4.69) is 19.9 Å². The van der Waals surface area contributed by atoms with Crippen molar-refractivity contribution in [3.8, 4) is 22.9 Å². The smallest absolute Gasteiger partial charge is 0.264 e. The van der Waals surface area contributed by atoms with Crippen LogP contribution in [0.1, 0.15) is 5.69 Å². The van der Waals surface area contributed by atoms with Gasteiger partial charge in [-0.25, -0.2) is 4.98 Å². The summed E-state index contributed by atoms with van der Waals surface area (Å²) >= 11 is 0. The summed E-state index contributed by atoms with van der Waals surface area (Å²) in [6, 6.07) is 11.2. The van der Waals surface area contributed by atoms with E-state index in [1.54, 1.807) is 18.5 Å². The van der Waals surface area contributed by atoms with E-state index in [4.69, 9.17) is 9.47 Å². The SMILES string of the molecule is Cc1cnc(-c2cccnc2)n1CCNC(=O)C1COc2ccccc2O1. The number of hydrogen-bond acceptors (Lipinski definition) is 5. The number of amides is 1. The van der Waals surface area contributed by atoms with Crippen LogP contribution in [0.5, 0.6) is 11.5 Å². The van der Waals surface area contributed by atoms with Gasteiger partial charge in [-0.15, -0.1) is 0 Å². The molecule has 1 amide bonds. The van der Waals surface area contributed by atoms with Crippen molar-refractivity contribution in [2.45, 2.75) is 19.6 Å². The molecule has 0 radical (unpaired) electrons. The lowest BCUT2D eigenvalue weighted by Gasteiger charge is -2.25. The molecule has 1 aliphatic heterocycles. The zero-order valence-corrected chi connectivity index (χ0v) is 15.0. The molecule has 3 heterocycles. The van der Waals surface area contributed by atoms with Crippen LogP contribution in [-0.2, 0) is 11.3 Å². The molecule has 2 aromatic heterocycles. The molecule has 138 valence electrons. The first-order chi connectivity index (χ1) is 13.2. The topological polar surface area (TPSA) is 78.3 Å². The Morgan fingerprint density at radius 2 is 2.07 bits per heavy atom. The van der Waals surface area contributed by atoms with Gasteiger partial charge in [-0.1, -0.05) is 12.1 Å². The molecule has 0 saturated carbocycles. The minimum Gasteiger partial charge on any atom is -0.485 e. The summed E-state index contributed by atoms with van der Waals surface area (Å²) in [5.41, 5.74) is 1.96. The molecule has 4 rings (SSSR count). The Morgan fingerprint density at radius 1 is 1.22 bits per heavy atom. The number of rotatable bonds is 5. The third kappa shape index (κ3) is 3.62. The number of imidazole rings is 1. The lowest BCUT2D eigenvalue weighted by Crippen LogP contribution is -2.44. The normalized spacial score (nSPS) is 15.4. The fraction of sp³-hybridized carbons (Fsp3) is 0.250. The van der Waals surface area contributed by atoms with Crippen LogP contribution >= 0.6 is 0 Å². The van der Waals surface area contributed by atoms with E-state index in [0.717, 1.165) is 17.1 Å². The molecule has 0 aliphatic carbocycles. The summed E-state index contributed by atoms with van der Waals surface area (Å²) in [6.45, 7) is 3.26. The molecule has 27 heavy (non-hydrogen) atoms. The van der Waals surface area contributed by atoms with Crippen LogP contribution in [0, 0.1) is 6.92 Å². The first-order valence-electron chi connectivity index (χ1n) is 8.81. The van der Waals surface area contributed by atoms with Gasteiger partial charge in [0.2, 0.25) is 6.10 Å². The van der Waals surface area contributed by atoms with Crippen LogP contribution in [0.4, 0.5) is 0 Å². The van der Waals surface area contributed by atoms with Gasteiger partial charge in [-0.2, -0.15) is 0 Å². The lowest BCUT2D eigenvalue weighted by molar-refractivity contribution is -0.130. The fourth-order valence-corrected chi connectivity index (χ4v) is 3.02. The van der Waals surface area contributed by atoms with E-state index in [0.29, 0.717) is 24.6 Å². The highest BCUT2D eigenvalue weighted by Gasteiger charge is 2.26. The molecule has 1 aromatic carbocycles. The van der Waals surface area contributed by atoms with Crippen LogP contribution in [0.25, 0.3) is 11.4 Å². The second-order valence-corrected chi connectivity index (χ2v) is 6.27. The second-order valence-electron chi connectivity index (χ2n) is 6.27. The Morgan fingerprint density at radius 3 is 2.89 bits per heavy atom. The van der Waals surface area contributed by atoms with E-state index in [1.807, 2.05) is 43.5 Å². The molecular weight excluding hydrogens is 344 g/mol. The maximum absolute atomic E-state index is 12.4. The molecule has 7 nitrogen and oxygen atoms in total. The molecule has 0 spiro atoms. The van der Waals surface area contributed by atoms with Gasteiger partial charge in [0.1, 0.15) is 12.4 Å². The Bertz CT molecular complexity index is 939. The number of pyridine rings is 1. The van der Waals surface area contributed by atoms with Gasteiger partial charge in [0.25, 0.3) is 5.91 Å². The van der Waals surface area contributed by atoms with Crippen molar-refractivity contribution in [2.24, 2.45) is 0 Å². The zero-order valence-electron chi connectivity index (χ0n) is 15.0. The van der Waals surface area contributed by atoms with Gasteiger partial charge in [0.05, 0.1) is 0 Å². The number of hydrogen-bond donors (Lipinski definition) is 1. The number of nitrogens with zero attached hydrogens (tertiary/aromatic N) is 3. The van der Waals surface area contributed by atoms with Gasteiger partial charge in [-0.3, -0.25) is 9.78 Å². The summed E-state index contributed by atoms with van der Waals surface area (Å²) in [6.07, 6.45) is 4.68. The van der Waals surface area contributed by atoms with Crippen LogP contribution in [0.3, 0.4) is 0 Å². The minimum absolute atomic E-state index is 0.190. The Labute approximate surface area is 157 Å². The maximum atomic E-state index is 12.4. The lowest BCUT2D eigenvalue weighted by atomic mass is 10.2. The van der Waals surface area contributed by atoms with Gasteiger partial charge in [0, 0.05) is 42.9 Å². The number of nitrogens with one attached hydrogen (secondary N) is 1. The number of aryl methyl sites for hydroxylation is 1. The number of benzene rings is 1. The predicted octanol–water partition coefficient (Wildman–Crippen LogP) is 2.21. The molecular formula is C20H20N4O3. The minimum atomic E-state index is -0.651. The molecule has 1 N–H and O–H groups in total. The summed E-state index contributed by atoms with van der Waals surface area (Å²) in [5, 5.41) is 2.92. The molecule has 0 bridgehead atoms. The van der Waals surface area contributed by atoms with Crippen LogP contribution in [0.15, 0.2) is 55.0 Å². The first kappa shape index (κ1) is 17.1. The quantitative estimate of drug-likeness (QED) is 0.751. The van der Waals surface area contributed by atoms with Gasteiger partial charge >= 0.3 is 0 Å². The molecule has 3 aromatic rings. The van der Waals surface area contributed by atoms with E-state index in [-0.39, 0.29) is 12.5 Å². The van der Waals surface area contributed by atoms with Crippen molar-refractivity contribution in [1.82, 2.24) is 19.9 Å². The number of aromatic nitrogens is 3. The first-order valence-corrected chi connectivity index (χ1v) is 8.81. The molecule has 7 heteroatoms. The number of fused-ring (bicyclic) bond motifs is 1. The fourth-order valence-electron chi connectivity index (χ4n) is 3.02. The van der Waals surface area contributed by atoms with Crippen molar-refractivity contribution in [3.05, 3.63) is 60.7 Å². The largest absolute Gasteiger partial charge is 0.485 e. The predicted molar refractivity (Wildman–Crippen MR) is 99.6 cm³/mol. The van der Waals surface area contributed by atoms with E-state index in [9.17, 15) is 4.79 Å². The van der Waals surface area contributed by atoms with E-state index < -0.39 is 6.10 Å². The van der Waals surface area contributed by atoms with Crippen molar-refractivity contribution < 1.29 is 14.3 Å². The van der Waals surface area contributed by atoms with Gasteiger partial charge in [0.15, 0.2) is 11.5 Å². The zero-order chi connectivity index (χ0) is 18.6. The maximum Gasteiger partial charge on any atom is 0.264 e. The van der Waals surface area contributed by atoms with Crippen molar-refractivity contribution in [2.75, 3.05) is 13.2 Å². The average molecular weight is 364 g/mol. The van der Waals surface area contributed by atoms with Gasteiger partial charge < -0.3 is 19.4 Å². The number of para-hydroxylation sites is 2. The van der Waals surface area contributed by atoms with Crippen molar-refractivity contribution >= 4 is 5.91 Å². The molecule has 0 fully saturated rings. The highest BCUT2D eigenvalue weighted by Crippen LogP contribution is 2.30. The third-order valence-electron chi connectivity index (χ3n) is 4.41. The summed E-state index contributed by atoms with van der Waals surface area (Å²) in [4.78, 5) is 21.0. The van der Waals surface area contributed by atoms with Crippen LogP contribution < -0.4 is 14.8 Å². The molecule has 1 aliphatic rings. The monoisotopic (exact) mass is 364 g/mol. The van der Waals surface area contributed by atoms with E-state index in [1.165, 1.54) is 0 Å². The number of ether oxygens (including phenoxy) is 2. The van der Waals surface area contributed by atoms with Gasteiger partial charge in [-0.05, 0) is 31.2 Å². The number of carbonyl (C=O) groups is 1. The Kier molecular flexibility index (Phi) is 4.74. The van der Waals surface area contributed by atoms with Crippen LogP contribution in [0.2, 0.25) is 0 Å². The highest BCUT2D eigenvalue weighted by molar-refractivity contribution is 5.81. The summed E-state index contributed by atoms with van der Waals surface area (Å²) in [5.74, 6) is 1.90. The Balaban J connectivity index is 1.37. The van der Waals surface area contributed by atoms with Crippen molar-refractivity contribution in [1.29, 1.82) is 0 Å².